The molecule has 110 valence electrons. The molecule has 1 aromatic rings. The summed E-state index contributed by atoms with van der Waals surface area (Å²) in [5.41, 5.74) is 0.129. The molecular formula is C15H15NO5. The van der Waals surface area contributed by atoms with Crippen LogP contribution in [-0.4, -0.2) is 37.1 Å². The number of nitrogens with zero attached hydrogens (tertiary/aromatic N) is 1. The van der Waals surface area contributed by atoms with Gasteiger partial charge in [-0.1, -0.05) is 0 Å². The van der Waals surface area contributed by atoms with Gasteiger partial charge in [-0.15, -0.1) is 0 Å². The van der Waals surface area contributed by atoms with Crippen molar-refractivity contribution >= 4 is 23.5 Å². The molecule has 0 aliphatic carbocycles. The lowest BCUT2D eigenvalue weighted by Gasteiger charge is -2.31. The second-order valence-electron chi connectivity index (χ2n) is 5.19. The Bertz CT molecular complexity index is 609. The quantitative estimate of drug-likeness (QED) is 0.767. The first kappa shape index (κ1) is 13.6. The van der Waals surface area contributed by atoms with Gasteiger partial charge in [0.15, 0.2) is 0 Å². The first-order valence-electron chi connectivity index (χ1n) is 6.77. The molecule has 1 unspecified atom stereocenters. The fraction of sp³-hybridized carbons (Fsp3) is 0.400. The minimum absolute atomic E-state index is 0.0975. The number of methoxy groups -OCH3 is 1. The number of ether oxygens (including phenoxy) is 2. The van der Waals surface area contributed by atoms with Gasteiger partial charge in [0.25, 0.3) is 0 Å². The van der Waals surface area contributed by atoms with Gasteiger partial charge in [0.1, 0.15) is 5.54 Å². The van der Waals surface area contributed by atoms with Crippen molar-refractivity contribution in [1.82, 2.24) is 0 Å². The molecule has 0 saturated carbocycles. The van der Waals surface area contributed by atoms with Crippen molar-refractivity contribution in [3.8, 4) is 0 Å². The lowest BCUT2D eigenvalue weighted by Crippen LogP contribution is -2.49. The Kier molecular flexibility index (Phi) is 3.16. The van der Waals surface area contributed by atoms with E-state index in [-0.39, 0.29) is 11.9 Å². The average Bonchev–Trinajstić information content (AvgIpc) is 3.03. The molecule has 0 bridgehead atoms. The standard InChI is InChI=1S/C15H15NO5/c1-20-13(18)10-2-4-11(5-3-10)16-12(17)6-7-15(16)8-9-21-14(15)19/h2-5H,6-9H2,1H3. The van der Waals surface area contributed by atoms with Crippen LogP contribution in [0.3, 0.4) is 0 Å². The summed E-state index contributed by atoms with van der Waals surface area (Å²) in [6.07, 6.45) is 1.31. The Labute approximate surface area is 121 Å². The summed E-state index contributed by atoms with van der Waals surface area (Å²) in [6, 6.07) is 6.48. The fourth-order valence-electron chi connectivity index (χ4n) is 3.01. The van der Waals surface area contributed by atoms with Gasteiger partial charge in [-0.25, -0.2) is 9.59 Å². The van der Waals surface area contributed by atoms with E-state index in [1.54, 1.807) is 24.3 Å². The molecule has 1 atom stereocenters. The average molecular weight is 289 g/mol. The summed E-state index contributed by atoms with van der Waals surface area (Å²) in [4.78, 5) is 37.2. The molecule has 2 fully saturated rings. The van der Waals surface area contributed by atoms with Crippen LogP contribution in [0, 0.1) is 0 Å². The number of benzene rings is 1. The molecule has 0 N–H and O–H groups in total. The van der Waals surface area contributed by atoms with Crippen molar-refractivity contribution in [2.24, 2.45) is 0 Å². The van der Waals surface area contributed by atoms with Gasteiger partial charge < -0.3 is 9.47 Å². The number of anilines is 1. The number of carbonyl (C=O) groups is 3. The third kappa shape index (κ3) is 1.98. The number of esters is 2. The Morgan fingerprint density at radius 2 is 1.95 bits per heavy atom. The van der Waals surface area contributed by atoms with Crippen LogP contribution in [0.25, 0.3) is 0 Å². The van der Waals surface area contributed by atoms with Crippen LogP contribution in [0.5, 0.6) is 0 Å². The molecule has 6 heteroatoms. The van der Waals surface area contributed by atoms with Gasteiger partial charge in [-0.2, -0.15) is 0 Å². The van der Waals surface area contributed by atoms with Gasteiger partial charge in [0, 0.05) is 18.5 Å². The SMILES string of the molecule is COC(=O)c1ccc(N2C(=O)CCC23CCOC3=O)cc1. The number of hydrogen-bond donors (Lipinski definition) is 0. The molecule has 2 aliphatic rings. The largest absolute Gasteiger partial charge is 0.465 e. The number of hydrogen-bond acceptors (Lipinski definition) is 5. The molecule has 2 aliphatic heterocycles. The predicted octanol–water partition coefficient (Wildman–Crippen LogP) is 1.29. The zero-order valence-electron chi connectivity index (χ0n) is 11.6. The second kappa shape index (κ2) is 4.87. The van der Waals surface area contributed by atoms with Crippen LogP contribution < -0.4 is 4.90 Å². The zero-order chi connectivity index (χ0) is 15.0. The first-order valence-corrected chi connectivity index (χ1v) is 6.77. The van der Waals surface area contributed by atoms with Crippen molar-refractivity contribution in [3.63, 3.8) is 0 Å². The summed E-state index contributed by atoms with van der Waals surface area (Å²) in [5, 5.41) is 0. The number of cyclic esters (lactones) is 1. The Balaban J connectivity index is 1.96. The number of amides is 1. The summed E-state index contributed by atoms with van der Waals surface area (Å²) in [5.74, 6) is -0.880. The smallest absolute Gasteiger partial charge is 0.337 e. The Hall–Kier alpha value is -2.37. The lowest BCUT2D eigenvalue weighted by atomic mass is 9.94. The number of rotatable bonds is 2. The number of carbonyl (C=O) groups excluding carboxylic acids is 3. The minimum Gasteiger partial charge on any atom is -0.465 e. The van der Waals surface area contributed by atoms with Crippen molar-refractivity contribution in [1.29, 1.82) is 0 Å². The maximum atomic E-state index is 12.2. The zero-order valence-corrected chi connectivity index (χ0v) is 11.6. The van der Waals surface area contributed by atoms with Crippen molar-refractivity contribution in [3.05, 3.63) is 29.8 Å². The summed E-state index contributed by atoms with van der Waals surface area (Å²) < 4.78 is 9.70. The maximum Gasteiger partial charge on any atom is 0.337 e. The van der Waals surface area contributed by atoms with Gasteiger partial charge in [0.2, 0.25) is 5.91 Å². The summed E-state index contributed by atoms with van der Waals surface area (Å²) in [7, 11) is 1.31. The molecule has 0 radical (unpaired) electrons. The molecule has 3 rings (SSSR count). The Morgan fingerprint density at radius 3 is 2.52 bits per heavy atom. The highest BCUT2D eigenvalue weighted by Crippen LogP contribution is 2.41. The molecule has 0 aromatic heterocycles. The van der Waals surface area contributed by atoms with Gasteiger partial charge in [0.05, 0.1) is 19.3 Å². The first-order chi connectivity index (χ1) is 10.1. The van der Waals surface area contributed by atoms with Crippen LogP contribution in [-0.2, 0) is 19.1 Å². The summed E-state index contributed by atoms with van der Waals surface area (Å²) in [6.45, 7) is 0.336. The van der Waals surface area contributed by atoms with Gasteiger partial charge >= 0.3 is 11.9 Å². The van der Waals surface area contributed by atoms with Gasteiger partial charge in [-0.05, 0) is 30.7 Å². The van der Waals surface area contributed by atoms with E-state index in [0.29, 0.717) is 37.1 Å². The van der Waals surface area contributed by atoms with Crippen LogP contribution in [0.4, 0.5) is 5.69 Å². The highest BCUT2D eigenvalue weighted by molar-refractivity contribution is 6.06. The van der Waals surface area contributed by atoms with E-state index in [1.807, 2.05) is 0 Å². The monoisotopic (exact) mass is 289 g/mol. The van der Waals surface area contributed by atoms with E-state index in [4.69, 9.17) is 4.74 Å². The van der Waals surface area contributed by atoms with E-state index >= 15 is 0 Å². The summed E-state index contributed by atoms with van der Waals surface area (Å²) >= 11 is 0. The van der Waals surface area contributed by atoms with Crippen LogP contribution in [0.15, 0.2) is 24.3 Å². The molecule has 6 nitrogen and oxygen atoms in total. The minimum atomic E-state index is -0.871. The second-order valence-corrected chi connectivity index (χ2v) is 5.19. The topological polar surface area (TPSA) is 72.9 Å². The fourth-order valence-corrected chi connectivity index (χ4v) is 3.01. The molecule has 1 aromatic carbocycles. The predicted molar refractivity (Wildman–Crippen MR) is 72.8 cm³/mol. The molecule has 2 saturated heterocycles. The van der Waals surface area contributed by atoms with Crippen molar-refractivity contribution in [2.45, 2.75) is 24.8 Å². The highest BCUT2D eigenvalue weighted by atomic mass is 16.5. The van der Waals surface area contributed by atoms with Crippen LogP contribution >= 0.6 is 0 Å². The van der Waals surface area contributed by atoms with Crippen molar-refractivity contribution in [2.75, 3.05) is 18.6 Å². The van der Waals surface area contributed by atoms with Gasteiger partial charge in [-0.3, -0.25) is 9.69 Å². The third-order valence-electron chi connectivity index (χ3n) is 4.11. The Morgan fingerprint density at radius 1 is 1.24 bits per heavy atom. The van der Waals surface area contributed by atoms with E-state index in [2.05, 4.69) is 4.74 Å². The highest BCUT2D eigenvalue weighted by Gasteiger charge is 2.55. The molecule has 21 heavy (non-hydrogen) atoms. The van der Waals surface area contributed by atoms with E-state index in [9.17, 15) is 14.4 Å². The van der Waals surface area contributed by atoms with E-state index in [0.717, 1.165) is 0 Å². The molecule has 2 heterocycles. The molecular weight excluding hydrogens is 274 g/mol. The molecule has 1 amide bonds. The van der Waals surface area contributed by atoms with Crippen LogP contribution in [0.1, 0.15) is 29.6 Å². The maximum absolute atomic E-state index is 12.2. The molecule has 1 spiro atoms. The lowest BCUT2D eigenvalue weighted by molar-refractivity contribution is -0.142. The van der Waals surface area contributed by atoms with E-state index < -0.39 is 11.5 Å². The van der Waals surface area contributed by atoms with E-state index in [1.165, 1.54) is 12.0 Å². The van der Waals surface area contributed by atoms with Crippen LogP contribution in [0.2, 0.25) is 0 Å². The third-order valence-corrected chi connectivity index (χ3v) is 4.11. The van der Waals surface area contributed by atoms with Crippen molar-refractivity contribution < 1.29 is 23.9 Å². The normalized spacial score (nSPS) is 24.5.